The van der Waals surface area contributed by atoms with Gasteiger partial charge in [0.1, 0.15) is 5.75 Å². The van der Waals surface area contributed by atoms with Crippen LogP contribution in [0.2, 0.25) is 5.02 Å². The van der Waals surface area contributed by atoms with Gasteiger partial charge in [-0.3, -0.25) is 4.79 Å². The fourth-order valence-electron chi connectivity index (χ4n) is 2.14. The molecular weight excluding hydrogens is 342 g/mol. The molecule has 5 nitrogen and oxygen atoms in total. The monoisotopic (exact) mass is 361 g/mol. The van der Waals surface area contributed by atoms with Gasteiger partial charge in [0, 0.05) is 5.69 Å². The standard InChI is InChI=1S/C19H20ClNO4/c1-11-5-6-14(9-12(11)2)19(23)25-13(3)18(22)21-15-7-8-17(24-4)16(20)10-15/h5-10,13H,1-4H3,(H,21,22)/t13-/m1/s1. The molecule has 0 fully saturated rings. The molecule has 25 heavy (non-hydrogen) atoms. The Bertz CT molecular complexity index is 804. The van der Waals surface area contributed by atoms with Crippen LogP contribution < -0.4 is 10.1 Å². The van der Waals surface area contributed by atoms with Gasteiger partial charge in [-0.25, -0.2) is 4.79 Å². The van der Waals surface area contributed by atoms with Crippen molar-refractivity contribution in [2.45, 2.75) is 26.9 Å². The summed E-state index contributed by atoms with van der Waals surface area (Å²) in [5, 5.41) is 3.03. The molecule has 1 amide bonds. The van der Waals surface area contributed by atoms with Crippen molar-refractivity contribution in [2.24, 2.45) is 0 Å². The number of aryl methyl sites for hydroxylation is 2. The van der Waals surface area contributed by atoms with Crippen molar-refractivity contribution < 1.29 is 19.1 Å². The van der Waals surface area contributed by atoms with Crippen LogP contribution in [0.3, 0.4) is 0 Å². The Hall–Kier alpha value is -2.53. The van der Waals surface area contributed by atoms with Crippen molar-refractivity contribution in [1.29, 1.82) is 0 Å². The highest BCUT2D eigenvalue weighted by Crippen LogP contribution is 2.27. The number of hydrogen-bond acceptors (Lipinski definition) is 4. The number of esters is 1. The quantitative estimate of drug-likeness (QED) is 0.812. The minimum absolute atomic E-state index is 0.375. The second-order valence-electron chi connectivity index (χ2n) is 5.69. The minimum Gasteiger partial charge on any atom is -0.495 e. The highest BCUT2D eigenvalue weighted by Gasteiger charge is 2.19. The van der Waals surface area contributed by atoms with E-state index in [1.54, 1.807) is 30.3 Å². The van der Waals surface area contributed by atoms with Crippen LogP contribution in [0.4, 0.5) is 5.69 Å². The van der Waals surface area contributed by atoms with E-state index >= 15 is 0 Å². The Morgan fingerprint density at radius 2 is 1.80 bits per heavy atom. The summed E-state index contributed by atoms with van der Waals surface area (Å²) in [7, 11) is 1.51. The van der Waals surface area contributed by atoms with Crippen molar-refractivity contribution in [3.63, 3.8) is 0 Å². The lowest BCUT2D eigenvalue weighted by atomic mass is 10.1. The topological polar surface area (TPSA) is 64.6 Å². The molecule has 0 unspecified atom stereocenters. The summed E-state index contributed by atoms with van der Waals surface area (Å²) in [5.74, 6) is -0.481. The Balaban J connectivity index is 2.01. The molecule has 0 spiro atoms. The highest BCUT2D eigenvalue weighted by molar-refractivity contribution is 6.32. The molecule has 0 bridgehead atoms. The van der Waals surface area contributed by atoms with Gasteiger partial charge in [0.25, 0.3) is 5.91 Å². The van der Waals surface area contributed by atoms with Crippen molar-refractivity contribution in [2.75, 3.05) is 12.4 Å². The van der Waals surface area contributed by atoms with Crippen LogP contribution in [0.5, 0.6) is 5.75 Å². The number of halogens is 1. The Kier molecular flexibility index (Phi) is 6.04. The Labute approximate surface area is 151 Å². The predicted octanol–water partition coefficient (Wildman–Crippen LogP) is 4.15. The average molecular weight is 362 g/mol. The number of carbonyl (C=O) groups excluding carboxylic acids is 2. The van der Waals surface area contributed by atoms with E-state index in [2.05, 4.69) is 5.32 Å². The summed E-state index contributed by atoms with van der Waals surface area (Å²) < 4.78 is 10.3. The fourth-order valence-corrected chi connectivity index (χ4v) is 2.40. The molecule has 0 aliphatic carbocycles. The minimum atomic E-state index is -0.949. The van der Waals surface area contributed by atoms with E-state index in [4.69, 9.17) is 21.1 Å². The van der Waals surface area contributed by atoms with Gasteiger partial charge in [-0.2, -0.15) is 0 Å². The summed E-state index contributed by atoms with van der Waals surface area (Å²) in [6.07, 6.45) is -0.949. The summed E-state index contributed by atoms with van der Waals surface area (Å²) in [6.45, 7) is 5.38. The van der Waals surface area contributed by atoms with E-state index in [1.165, 1.54) is 14.0 Å². The number of rotatable bonds is 5. The summed E-state index contributed by atoms with van der Waals surface area (Å²) in [6, 6.07) is 10.1. The first-order chi connectivity index (χ1) is 11.8. The smallest absolute Gasteiger partial charge is 0.338 e. The first-order valence-electron chi connectivity index (χ1n) is 7.74. The van der Waals surface area contributed by atoms with Gasteiger partial charge in [0.15, 0.2) is 6.10 Å². The average Bonchev–Trinajstić information content (AvgIpc) is 2.57. The van der Waals surface area contributed by atoms with Gasteiger partial charge in [0.2, 0.25) is 0 Å². The molecule has 0 heterocycles. The number of amides is 1. The molecule has 0 saturated heterocycles. The second-order valence-corrected chi connectivity index (χ2v) is 6.09. The SMILES string of the molecule is COc1ccc(NC(=O)[C@@H](C)OC(=O)c2ccc(C)c(C)c2)cc1Cl. The van der Waals surface area contributed by atoms with Crippen molar-refractivity contribution in [3.05, 3.63) is 58.1 Å². The first kappa shape index (κ1) is 18.8. The summed E-state index contributed by atoms with van der Waals surface area (Å²) in [4.78, 5) is 24.4. The van der Waals surface area contributed by atoms with E-state index < -0.39 is 18.0 Å². The number of methoxy groups -OCH3 is 1. The van der Waals surface area contributed by atoms with E-state index in [0.717, 1.165) is 11.1 Å². The lowest BCUT2D eigenvalue weighted by molar-refractivity contribution is -0.123. The lowest BCUT2D eigenvalue weighted by Crippen LogP contribution is -2.30. The van der Waals surface area contributed by atoms with Crippen LogP contribution >= 0.6 is 11.6 Å². The van der Waals surface area contributed by atoms with Gasteiger partial charge >= 0.3 is 5.97 Å². The van der Waals surface area contributed by atoms with Crippen molar-refractivity contribution >= 4 is 29.2 Å². The third-order valence-corrected chi connectivity index (χ3v) is 4.11. The molecule has 2 aromatic carbocycles. The van der Waals surface area contributed by atoms with Crippen LogP contribution in [0.15, 0.2) is 36.4 Å². The van der Waals surface area contributed by atoms with Crippen LogP contribution in [0.1, 0.15) is 28.4 Å². The molecule has 1 N–H and O–H groups in total. The molecule has 6 heteroatoms. The number of carbonyl (C=O) groups is 2. The molecule has 0 aliphatic heterocycles. The van der Waals surface area contributed by atoms with E-state index in [9.17, 15) is 9.59 Å². The van der Waals surface area contributed by atoms with Crippen LogP contribution in [0, 0.1) is 13.8 Å². The van der Waals surface area contributed by atoms with E-state index in [1.807, 2.05) is 19.9 Å². The zero-order valence-corrected chi connectivity index (χ0v) is 15.3. The summed E-state index contributed by atoms with van der Waals surface area (Å²) >= 11 is 6.02. The number of nitrogens with one attached hydrogen (secondary N) is 1. The molecule has 0 saturated carbocycles. The zero-order chi connectivity index (χ0) is 18.6. The number of ether oxygens (including phenoxy) is 2. The van der Waals surface area contributed by atoms with Crippen LogP contribution in [0.25, 0.3) is 0 Å². The molecule has 2 rings (SSSR count). The fraction of sp³-hybridized carbons (Fsp3) is 0.263. The van der Waals surface area contributed by atoms with Gasteiger partial charge in [-0.05, 0) is 62.2 Å². The third-order valence-electron chi connectivity index (χ3n) is 3.81. The number of anilines is 1. The predicted molar refractivity (Wildman–Crippen MR) is 97.4 cm³/mol. The maximum Gasteiger partial charge on any atom is 0.338 e. The largest absolute Gasteiger partial charge is 0.495 e. The Morgan fingerprint density at radius 1 is 1.08 bits per heavy atom. The van der Waals surface area contributed by atoms with E-state index in [-0.39, 0.29) is 0 Å². The molecule has 1 atom stereocenters. The van der Waals surface area contributed by atoms with Crippen LogP contribution in [-0.2, 0) is 9.53 Å². The lowest BCUT2D eigenvalue weighted by Gasteiger charge is -2.14. The zero-order valence-electron chi connectivity index (χ0n) is 14.6. The summed E-state index contributed by atoms with van der Waals surface area (Å²) in [5.41, 5.74) is 2.97. The van der Waals surface area contributed by atoms with Gasteiger partial charge in [-0.1, -0.05) is 17.7 Å². The van der Waals surface area contributed by atoms with Crippen LogP contribution in [-0.4, -0.2) is 25.1 Å². The molecule has 0 radical (unpaired) electrons. The van der Waals surface area contributed by atoms with E-state index in [0.29, 0.717) is 22.0 Å². The number of benzene rings is 2. The van der Waals surface area contributed by atoms with Gasteiger partial charge < -0.3 is 14.8 Å². The molecular formula is C19H20ClNO4. The molecule has 132 valence electrons. The maximum atomic E-state index is 12.2. The molecule has 2 aromatic rings. The molecule has 0 aliphatic rings. The maximum absolute atomic E-state index is 12.2. The highest BCUT2D eigenvalue weighted by atomic mass is 35.5. The third kappa shape index (κ3) is 4.73. The molecule has 0 aromatic heterocycles. The Morgan fingerprint density at radius 3 is 2.40 bits per heavy atom. The second kappa shape index (κ2) is 8.03. The van der Waals surface area contributed by atoms with Crippen molar-refractivity contribution in [3.8, 4) is 5.75 Å². The van der Waals surface area contributed by atoms with Crippen molar-refractivity contribution in [1.82, 2.24) is 0 Å². The van der Waals surface area contributed by atoms with Gasteiger partial charge in [0.05, 0.1) is 17.7 Å². The number of hydrogen-bond donors (Lipinski definition) is 1. The normalized spacial score (nSPS) is 11.6. The van der Waals surface area contributed by atoms with Gasteiger partial charge in [-0.15, -0.1) is 0 Å². The first-order valence-corrected chi connectivity index (χ1v) is 8.12.